The SMILES string of the molecule is CCCCN(CCC)C(=O)Cc1cccs1. The smallest absolute Gasteiger partial charge is 0.227 e. The monoisotopic (exact) mass is 239 g/mol. The van der Waals surface area contributed by atoms with Crippen LogP contribution in [0, 0.1) is 0 Å². The van der Waals surface area contributed by atoms with Crippen molar-refractivity contribution in [2.45, 2.75) is 39.5 Å². The summed E-state index contributed by atoms with van der Waals surface area (Å²) in [6, 6.07) is 4.04. The molecule has 3 heteroatoms. The van der Waals surface area contributed by atoms with E-state index in [1.54, 1.807) is 11.3 Å². The zero-order valence-corrected chi connectivity index (χ0v) is 11.1. The van der Waals surface area contributed by atoms with Gasteiger partial charge in [0.25, 0.3) is 0 Å². The van der Waals surface area contributed by atoms with Gasteiger partial charge in [0.2, 0.25) is 5.91 Å². The first-order chi connectivity index (χ1) is 7.77. The minimum absolute atomic E-state index is 0.276. The van der Waals surface area contributed by atoms with Crippen LogP contribution in [0.2, 0.25) is 0 Å². The molecule has 1 amide bonds. The van der Waals surface area contributed by atoms with Gasteiger partial charge in [0.1, 0.15) is 0 Å². The third kappa shape index (κ3) is 4.35. The highest BCUT2D eigenvalue weighted by atomic mass is 32.1. The van der Waals surface area contributed by atoms with E-state index < -0.39 is 0 Å². The number of rotatable bonds is 7. The summed E-state index contributed by atoms with van der Waals surface area (Å²) in [6.45, 7) is 6.09. The number of nitrogens with zero attached hydrogens (tertiary/aromatic N) is 1. The molecule has 1 aromatic rings. The average molecular weight is 239 g/mol. The molecular formula is C13H21NOS. The normalized spacial score (nSPS) is 10.4. The predicted molar refractivity (Wildman–Crippen MR) is 69.8 cm³/mol. The van der Waals surface area contributed by atoms with Gasteiger partial charge in [-0.1, -0.05) is 26.3 Å². The number of thiophene rings is 1. The summed E-state index contributed by atoms with van der Waals surface area (Å²) in [5.41, 5.74) is 0. The third-order valence-electron chi connectivity index (χ3n) is 2.53. The van der Waals surface area contributed by atoms with E-state index >= 15 is 0 Å². The van der Waals surface area contributed by atoms with Crippen molar-refractivity contribution >= 4 is 17.2 Å². The molecule has 0 aliphatic carbocycles. The maximum Gasteiger partial charge on any atom is 0.227 e. The van der Waals surface area contributed by atoms with Gasteiger partial charge in [0.05, 0.1) is 6.42 Å². The second kappa shape index (κ2) is 7.44. The van der Waals surface area contributed by atoms with E-state index in [2.05, 4.69) is 13.8 Å². The summed E-state index contributed by atoms with van der Waals surface area (Å²) in [5.74, 6) is 0.276. The Labute approximate surface area is 102 Å². The average Bonchev–Trinajstić information content (AvgIpc) is 2.76. The van der Waals surface area contributed by atoms with E-state index in [0.29, 0.717) is 6.42 Å². The molecule has 0 atom stereocenters. The van der Waals surface area contributed by atoms with Crippen LogP contribution in [-0.2, 0) is 11.2 Å². The lowest BCUT2D eigenvalue weighted by atomic mass is 10.2. The van der Waals surface area contributed by atoms with Gasteiger partial charge < -0.3 is 4.90 Å². The summed E-state index contributed by atoms with van der Waals surface area (Å²) in [7, 11) is 0. The highest BCUT2D eigenvalue weighted by Crippen LogP contribution is 2.11. The molecule has 0 bridgehead atoms. The molecule has 0 radical (unpaired) electrons. The lowest BCUT2D eigenvalue weighted by Crippen LogP contribution is -2.33. The van der Waals surface area contributed by atoms with Gasteiger partial charge in [0.15, 0.2) is 0 Å². The summed E-state index contributed by atoms with van der Waals surface area (Å²) >= 11 is 1.66. The van der Waals surface area contributed by atoms with Crippen LogP contribution in [0.15, 0.2) is 17.5 Å². The van der Waals surface area contributed by atoms with Crippen LogP contribution in [0.1, 0.15) is 38.0 Å². The molecule has 0 saturated heterocycles. The molecule has 1 heterocycles. The van der Waals surface area contributed by atoms with Crippen molar-refractivity contribution in [3.8, 4) is 0 Å². The Kier molecular flexibility index (Phi) is 6.16. The van der Waals surface area contributed by atoms with E-state index in [1.807, 2.05) is 22.4 Å². The molecule has 0 fully saturated rings. The lowest BCUT2D eigenvalue weighted by Gasteiger charge is -2.21. The standard InChI is InChI=1S/C13H21NOS/c1-3-5-9-14(8-4-2)13(15)11-12-7-6-10-16-12/h6-7,10H,3-5,8-9,11H2,1-2H3. The molecule has 1 aromatic heterocycles. The van der Waals surface area contributed by atoms with Crippen LogP contribution >= 0.6 is 11.3 Å². The Hall–Kier alpha value is -0.830. The Balaban J connectivity index is 2.46. The van der Waals surface area contributed by atoms with Crippen LogP contribution in [-0.4, -0.2) is 23.9 Å². The molecule has 0 aromatic carbocycles. The first-order valence-corrected chi connectivity index (χ1v) is 6.96. The van der Waals surface area contributed by atoms with Crippen molar-refractivity contribution < 1.29 is 4.79 Å². The van der Waals surface area contributed by atoms with Gasteiger partial charge in [-0.25, -0.2) is 0 Å². The molecule has 16 heavy (non-hydrogen) atoms. The number of carbonyl (C=O) groups excluding carboxylic acids is 1. The van der Waals surface area contributed by atoms with Crippen LogP contribution in [0.3, 0.4) is 0 Å². The second-order valence-corrected chi connectivity index (χ2v) is 5.02. The molecule has 0 aliphatic rings. The molecule has 0 saturated carbocycles. The predicted octanol–water partition coefficient (Wildman–Crippen LogP) is 3.33. The number of carbonyl (C=O) groups is 1. The van der Waals surface area contributed by atoms with Gasteiger partial charge in [0, 0.05) is 18.0 Å². The highest BCUT2D eigenvalue weighted by Gasteiger charge is 2.12. The quantitative estimate of drug-likeness (QED) is 0.714. The van der Waals surface area contributed by atoms with Crippen molar-refractivity contribution in [3.63, 3.8) is 0 Å². The maximum atomic E-state index is 12.0. The number of unbranched alkanes of at least 4 members (excludes halogenated alkanes) is 1. The maximum absolute atomic E-state index is 12.0. The fourth-order valence-corrected chi connectivity index (χ4v) is 2.35. The van der Waals surface area contributed by atoms with Gasteiger partial charge >= 0.3 is 0 Å². The number of amides is 1. The molecule has 0 unspecified atom stereocenters. The van der Waals surface area contributed by atoms with E-state index in [0.717, 1.165) is 32.4 Å². The molecule has 1 rings (SSSR count). The first kappa shape index (κ1) is 13.2. The van der Waals surface area contributed by atoms with Crippen molar-refractivity contribution in [1.82, 2.24) is 4.90 Å². The molecular weight excluding hydrogens is 218 g/mol. The van der Waals surface area contributed by atoms with Gasteiger partial charge in [-0.05, 0) is 24.3 Å². The zero-order chi connectivity index (χ0) is 11.8. The summed E-state index contributed by atoms with van der Waals surface area (Å²) in [5, 5.41) is 2.03. The van der Waals surface area contributed by atoms with Crippen LogP contribution in [0.4, 0.5) is 0 Å². The van der Waals surface area contributed by atoms with Gasteiger partial charge in [-0.2, -0.15) is 0 Å². The van der Waals surface area contributed by atoms with E-state index in [4.69, 9.17) is 0 Å². The number of hydrogen-bond acceptors (Lipinski definition) is 2. The Morgan fingerprint density at radius 1 is 1.31 bits per heavy atom. The molecule has 0 N–H and O–H groups in total. The van der Waals surface area contributed by atoms with E-state index in [9.17, 15) is 4.79 Å². The van der Waals surface area contributed by atoms with Crippen molar-refractivity contribution in [3.05, 3.63) is 22.4 Å². The molecule has 90 valence electrons. The van der Waals surface area contributed by atoms with Gasteiger partial charge in [-0.3, -0.25) is 4.79 Å². The van der Waals surface area contributed by atoms with Crippen molar-refractivity contribution in [2.24, 2.45) is 0 Å². The summed E-state index contributed by atoms with van der Waals surface area (Å²) in [4.78, 5) is 15.2. The Morgan fingerprint density at radius 3 is 2.69 bits per heavy atom. The van der Waals surface area contributed by atoms with Gasteiger partial charge in [-0.15, -0.1) is 11.3 Å². The fraction of sp³-hybridized carbons (Fsp3) is 0.615. The fourth-order valence-electron chi connectivity index (χ4n) is 1.65. The van der Waals surface area contributed by atoms with E-state index in [1.165, 1.54) is 4.88 Å². The molecule has 2 nitrogen and oxygen atoms in total. The summed E-state index contributed by atoms with van der Waals surface area (Å²) in [6.07, 6.45) is 3.87. The largest absolute Gasteiger partial charge is 0.342 e. The topological polar surface area (TPSA) is 20.3 Å². The summed E-state index contributed by atoms with van der Waals surface area (Å²) < 4.78 is 0. The van der Waals surface area contributed by atoms with Crippen LogP contribution < -0.4 is 0 Å². The third-order valence-corrected chi connectivity index (χ3v) is 3.41. The lowest BCUT2D eigenvalue weighted by molar-refractivity contribution is -0.130. The Bertz CT molecular complexity index is 295. The highest BCUT2D eigenvalue weighted by molar-refractivity contribution is 7.10. The first-order valence-electron chi connectivity index (χ1n) is 6.08. The number of hydrogen-bond donors (Lipinski definition) is 0. The Morgan fingerprint density at radius 2 is 2.12 bits per heavy atom. The van der Waals surface area contributed by atoms with Crippen LogP contribution in [0.25, 0.3) is 0 Å². The zero-order valence-electron chi connectivity index (χ0n) is 10.2. The minimum atomic E-state index is 0.276. The van der Waals surface area contributed by atoms with Crippen molar-refractivity contribution in [2.75, 3.05) is 13.1 Å². The van der Waals surface area contributed by atoms with Crippen molar-refractivity contribution in [1.29, 1.82) is 0 Å². The molecule has 0 spiro atoms. The minimum Gasteiger partial charge on any atom is -0.342 e. The van der Waals surface area contributed by atoms with Crippen LogP contribution in [0.5, 0.6) is 0 Å². The van der Waals surface area contributed by atoms with E-state index in [-0.39, 0.29) is 5.91 Å². The molecule has 0 aliphatic heterocycles. The second-order valence-electron chi connectivity index (χ2n) is 3.99.